The zero-order valence-electron chi connectivity index (χ0n) is 5.49. The van der Waals surface area contributed by atoms with Gasteiger partial charge in [0.05, 0.1) is 10.8 Å². The highest BCUT2D eigenvalue weighted by atomic mass is 32.2. The summed E-state index contributed by atoms with van der Waals surface area (Å²) in [5.74, 6) is 0. The molecular weight excluding hydrogens is 146 g/mol. The molecule has 0 aliphatic carbocycles. The normalized spacial score (nSPS) is 25.4. The number of rotatable bonds is 2. The summed E-state index contributed by atoms with van der Waals surface area (Å²) in [5, 5.41) is 4.27. The Morgan fingerprint density at radius 2 is 2.40 bits per heavy atom. The van der Waals surface area contributed by atoms with Crippen LogP contribution in [-0.2, 0) is 10.8 Å². The number of dihydropyridines is 1. The molecule has 0 radical (unpaired) electrons. The van der Waals surface area contributed by atoms with Crippen molar-refractivity contribution in [2.24, 2.45) is 0 Å². The molecule has 0 bridgehead atoms. The Kier molecular flexibility index (Phi) is 2.45. The summed E-state index contributed by atoms with van der Waals surface area (Å²) in [6.45, 7) is 3.44. The van der Waals surface area contributed by atoms with Crippen LogP contribution < -0.4 is 5.32 Å². The summed E-state index contributed by atoms with van der Waals surface area (Å²) in [6.07, 6.45) is 7.34. The third-order valence-corrected chi connectivity index (χ3v) is 2.29. The first-order valence-electron chi connectivity index (χ1n) is 2.96. The van der Waals surface area contributed by atoms with Gasteiger partial charge in [-0.2, -0.15) is 0 Å². The van der Waals surface area contributed by atoms with Crippen LogP contribution in [0.15, 0.2) is 36.4 Å². The van der Waals surface area contributed by atoms with Gasteiger partial charge in [0.2, 0.25) is 0 Å². The molecule has 0 saturated heterocycles. The van der Waals surface area contributed by atoms with Crippen LogP contribution in [0.25, 0.3) is 0 Å². The van der Waals surface area contributed by atoms with Gasteiger partial charge in [0.15, 0.2) is 0 Å². The van der Waals surface area contributed by atoms with Gasteiger partial charge in [-0.3, -0.25) is 4.21 Å². The Hall–Kier alpha value is -0.830. The lowest BCUT2D eigenvalue weighted by Gasteiger charge is -2.11. The van der Waals surface area contributed by atoms with E-state index in [0.29, 0.717) is 0 Å². The summed E-state index contributed by atoms with van der Waals surface area (Å²) < 4.78 is 11.0. The average Bonchev–Trinajstić information content (AvgIpc) is 2.05. The quantitative estimate of drug-likeness (QED) is 0.641. The molecule has 0 spiro atoms. The van der Waals surface area contributed by atoms with Crippen molar-refractivity contribution in [1.29, 1.82) is 0 Å². The number of nitrogens with one attached hydrogen (secondary N) is 1. The fourth-order valence-electron chi connectivity index (χ4n) is 0.675. The molecule has 0 amide bonds. The first kappa shape index (κ1) is 7.28. The molecule has 0 aromatic carbocycles. The van der Waals surface area contributed by atoms with Crippen molar-refractivity contribution >= 4 is 10.8 Å². The summed E-state index contributed by atoms with van der Waals surface area (Å²) in [4.78, 5) is 0. The van der Waals surface area contributed by atoms with Crippen molar-refractivity contribution in [2.75, 3.05) is 0 Å². The lowest BCUT2D eigenvalue weighted by molar-refractivity contribution is 0.677. The largest absolute Gasteiger partial charge is 0.374 e. The van der Waals surface area contributed by atoms with Gasteiger partial charge in [-0.15, -0.1) is 0 Å². The van der Waals surface area contributed by atoms with E-state index in [4.69, 9.17) is 0 Å². The number of hydrogen-bond donors (Lipinski definition) is 1. The molecule has 2 atom stereocenters. The van der Waals surface area contributed by atoms with Crippen LogP contribution >= 0.6 is 0 Å². The first-order valence-corrected chi connectivity index (χ1v) is 4.23. The third-order valence-electron chi connectivity index (χ3n) is 1.17. The van der Waals surface area contributed by atoms with Gasteiger partial charge in [-0.25, -0.2) is 0 Å². The van der Waals surface area contributed by atoms with Crippen LogP contribution in [0.1, 0.15) is 0 Å². The van der Waals surface area contributed by atoms with Crippen molar-refractivity contribution in [3.63, 3.8) is 0 Å². The molecule has 54 valence electrons. The fraction of sp³-hybridized carbons (Fsp3) is 0.143. The molecule has 1 aliphatic heterocycles. The lowest BCUT2D eigenvalue weighted by atomic mass is 10.4. The maximum atomic E-state index is 11.0. The van der Waals surface area contributed by atoms with Crippen LogP contribution in [0.3, 0.4) is 0 Å². The molecule has 2 unspecified atom stereocenters. The lowest BCUT2D eigenvalue weighted by Crippen LogP contribution is -2.26. The first-order chi connectivity index (χ1) is 4.84. The van der Waals surface area contributed by atoms with Crippen LogP contribution in [-0.4, -0.2) is 9.58 Å². The highest BCUT2D eigenvalue weighted by Crippen LogP contribution is 2.00. The van der Waals surface area contributed by atoms with E-state index in [-0.39, 0.29) is 5.37 Å². The maximum absolute atomic E-state index is 11.0. The van der Waals surface area contributed by atoms with E-state index in [1.54, 1.807) is 6.20 Å². The molecule has 0 saturated carbocycles. The molecular formula is C7H9NOS. The molecule has 1 aliphatic rings. The zero-order valence-corrected chi connectivity index (χ0v) is 6.30. The van der Waals surface area contributed by atoms with Crippen LogP contribution in [0.2, 0.25) is 0 Å². The van der Waals surface area contributed by atoms with Gasteiger partial charge < -0.3 is 5.32 Å². The summed E-state index contributed by atoms with van der Waals surface area (Å²) >= 11 is 0. The second-order valence-electron chi connectivity index (χ2n) is 1.83. The minimum absolute atomic E-state index is 0.0949. The smallest absolute Gasteiger partial charge is 0.125 e. The van der Waals surface area contributed by atoms with E-state index in [1.807, 2.05) is 18.2 Å². The van der Waals surface area contributed by atoms with E-state index in [9.17, 15) is 4.21 Å². The minimum atomic E-state index is -0.999. The van der Waals surface area contributed by atoms with Crippen molar-refractivity contribution in [2.45, 2.75) is 5.37 Å². The van der Waals surface area contributed by atoms with Crippen molar-refractivity contribution in [3.8, 4) is 0 Å². The van der Waals surface area contributed by atoms with Crippen LogP contribution in [0.5, 0.6) is 0 Å². The van der Waals surface area contributed by atoms with Gasteiger partial charge in [-0.1, -0.05) is 12.7 Å². The molecule has 1 N–H and O–H groups in total. The Balaban J connectivity index is 2.59. The summed E-state index contributed by atoms with van der Waals surface area (Å²) in [6, 6.07) is 0. The second-order valence-corrected chi connectivity index (χ2v) is 3.32. The summed E-state index contributed by atoms with van der Waals surface area (Å²) in [7, 11) is -0.999. The Labute approximate surface area is 62.8 Å². The Morgan fingerprint density at radius 3 is 2.90 bits per heavy atom. The molecule has 10 heavy (non-hydrogen) atoms. The van der Waals surface area contributed by atoms with Crippen LogP contribution in [0, 0.1) is 0 Å². The number of allylic oxidation sites excluding steroid dienone is 2. The van der Waals surface area contributed by atoms with Gasteiger partial charge in [0, 0.05) is 0 Å². The predicted molar refractivity (Wildman–Crippen MR) is 43.5 cm³/mol. The van der Waals surface area contributed by atoms with E-state index in [0.717, 1.165) is 0 Å². The third kappa shape index (κ3) is 1.57. The average molecular weight is 155 g/mol. The van der Waals surface area contributed by atoms with E-state index in [1.165, 1.54) is 5.41 Å². The number of hydrogen-bond acceptors (Lipinski definition) is 2. The van der Waals surface area contributed by atoms with E-state index < -0.39 is 10.8 Å². The van der Waals surface area contributed by atoms with Crippen LogP contribution in [0.4, 0.5) is 0 Å². The molecule has 2 nitrogen and oxygen atoms in total. The maximum Gasteiger partial charge on any atom is 0.125 e. The Morgan fingerprint density at radius 1 is 1.60 bits per heavy atom. The molecule has 0 aromatic rings. The highest BCUT2D eigenvalue weighted by Gasteiger charge is 2.07. The molecule has 0 fully saturated rings. The van der Waals surface area contributed by atoms with Gasteiger partial charge in [-0.05, 0) is 23.8 Å². The topological polar surface area (TPSA) is 29.1 Å². The van der Waals surface area contributed by atoms with Crippen molar-refractivity contribution in [3.05, 3.63) is 36.4 Å². The second kappa shape index (κ2) is 3.37. The minimum Gasteiger partial charge on any atom is -0.374 e. The monoisotopic (exact) mass is 155 g/mol. The highest BCUT2D eigenvalue weighted by molar-refractivity contribution is 7.88. The van der Waals surface area contributed by atoms with E-state index >= 15 is 0 Å². The van der Waals surface area contributed by atoms with Crippen molar-refractivity contribution < 1.29 is 4.21 Å². The Bertz CT molecular complexity index is 208. The fourth-order valence-corrected chi connectivity index (χ4v) is 1.34. The SMILES string of the molecule is C=CS(=O)C1C=CC=CN1. The molecule has 1 heterocycles. The van der Waals surface area contributed by atoms with Gasteiger partial charge in [0.25, 0.3) is 0 Å². The van der Waals surface area contributed by atoms with E-state index in [2.05, 4.69) is 11.9 Å². The molecule has 3 heteroatoms. The summed E-state index contributed by atoms with van der Waals surface area (Å²) in [5.41, 5.74) is 0. The predicted octanol–water partition coefficient (Wildman–Crippen LogP) is 0.878. The zero-order chi connectivity index (χ0) is 7.40. The van der Waals surface area contributed by atoms with Gasteiger partial charge >= 0.3 is 0 Å². The molecule has 0 aromatic heterocycles. The van der Waals surface area contributed by atoms with Crippen molar-refractivity contribution in [1.82, 2.24) is 5.32 Å². The standard InChI is InChI=1S/C7H9NOS/c1-2-10(9)7-5-3-4-6-8-7/h2-8H,1H2. The molecule has 1 rings (SSSR count). The van der Waals surface area contributed by atoms with Gasteiger partial charge in [0.1, 0.15) is 5.37 Å².